The van der Waals surface area contributed by atoms with Crippen molar-refractivity contribution in [3.63, 3.8) is 0 Å². The molecule has 0 spiro atoms. The molecule has 3 rings (SSSR count). The molecular formula is C21H23NO4S2. The topological polar surface area (TPSA) is 66.8 Å². The molecule has 0 saturated heterocycles. The number of fused-ring (bicyclic) bond motifs is 1. The van der Waals surface area contributed by atoms with Gasteiger partial charge in [0.15, 0.2) is 0 Å². The maximum absolute atomic E-state index is 12.5. The van der Waals surface area contributed by atoms with Gasteiger partial charge < -0.3 is 14.7 Å². The third-order valence-electron chi connectivity index (χ3n) is 4.40. The standard InChI is InChI=1S/C21H23NO4S2/c1-2-27-19(21(24)25)13-15-7-9-16(10-8-15)26-12-11-22-14-28-18-6-4-3-5-17(18)20(22)23/h3-10,19H,2,11-14H2,1H3,(H,24,25). The average Bonchev–Trinajstić information content (AvgIpc) is 2.70. The molecule has 0 aromatic heterocycles. The molecule has 1 aliphatic heterocycles. The number of benzene rings is 2. The molecule has 148 valence electrons. The molecule has 1 amide bonds. The Balaban J connectivity index is 1.49. The second kappa shape index (κ2) is 9.89. The highest BCUT2D eigenvalue weighted by Gasteiger charge is 2.24. The van der Waals surface area contributed by atoms with E-state index in [0.717, 1.165) is 27.5 Å². The molecular weight excluding hydrogens is 394 g/mol. The molecule has 28 heavy (non-hydrogen) atoms. The lowest BCUT2D eigenvalue weighted by atomic mass is 10.1. The normalized spacial score (nSPS) is 14.5. The molecule has 1 heterocycles. The number of hydrogen-bond donors (Lipinski definition) is 1. The third kappa shape index (κ3) is 5.23. The molecule has 7 heteroatoms. The molecule has 2 aromatic carbocycles. The lowest BCUT2D eigenvalue weighted by Gasteiger charge is -2.27. The van der Waals surface area contributed by atoms with Crippen LogP contribution >= 0.6 is 23.5 Å². The van der Waals surface area contributed by atoms with Crippen LogP contribution in [0, 0.1) is 0 Å². The monoisotopic (exact) mass is 417 g/mol. The molecule has 0 aliphatic carbocycles. The van der Waals surface area contributed by atoms with Crippen molar-refractivity contribution in [2.45, 2.75) is 23.5 Å². The first-order chi connectivity index (χ1) is 13.6. The number of amides is 1. The van der Waals surface area contributed by atoms with Gasteiger partial charge in [0, 0.05) is 4.90 Å². The Labute approximate surface area is 173 Å². The minimum absolute atomic E-state index is 0.0430. The van der Waals surface area contributed by atoms with Gasteiger partial charge in [-0.3, -0.25) is 9.59 Å². The van der Waals surface area contributed by atoms with E-state index in [-0.39, 0.29) is 5.91 Å². The fraction of sp³-hybridized carbons (Fsp3) is 0.333. The number of aliphatic carboxylic acids is 1. The summed E-state index contributed by atoms with van der Waals surface area (Å²) in [7, 11) is 0. The molecule has 1 aliphatic rings. The van der Waals surface area contributed by atoms with E-state index in [4.69, 9.17) is 4.74 Å². The highest BCUT2D eigenvalue weighted by Crippen LogP contribution is 2.29. The quantitative estimate of drug-likeness (QED) is 0.665. The number of hydrogen-bond acceptors (Lipinski definition) is 5. The number of rotatable bonds is 9. The van der Waals surface area contributed by atoms with Gasteiger partial charge in [-0.05, 0) is 42.0 Å². The van der Waals surface area contributed by atoms with Crippen LogP contribution in [0.15, 0.2) is 53.4 Å². The van der Waals surface area contributed by atoms with E-state index >= 15 is 0 Å². The molecule has 0 fully saturated rings. The van der Waals surface area contributed by atoms with Crippen molar-refractivity contribution >= 4 is 35.4 Å². The zero-order valence-electron chi connectivity index (χ0n) is 15.7. The lowest BCUT2D eigenvalue weighted by Crippen LogP contribution is -2.37. The van der Waals surface area contributed by atoms with Crippen LogP contribution in [-0.4, -0.2) is 51.9 Å². The van der Waals surface area contributed by atoms with E-state index in [1.165, 1.54) is 11.8 Å². The average molecular weight is 418 g/mol. The van der Waals surface area contributed by atoms with Gasteiger partial charge in [-0.25, -0.2) is 0 Å². The predicted octanol–water partition coefficient (Wildman–Crippen LogP) is 4.02. The summed E-state index contributed by atoms with van der Waals surface area (Å²) in [5, 5.41) is 8.84. The van der Waals surface area contributed by atoms with Crippen LogP contribution in [0.3, 0.4) is 0 Å². The maximum atomic E-state index is 12.5. The van der Waals surface area contributed by atoms with Crippen LogP contribution in [0.2, 0.25) is 0 Å². The van der Waals surface area contributed by atoms with Crippen molar-refractivity contribution in [1.82, 2.24) is 4.90 Å². The van der Waals surface area contributed by atoms with E-state index in [0.29, 0.717) is 25.4 Å². The Hall–Kier alpha value is -2.12. The van der Waals surface area contributed by atoms with Crippen LogP contribution in [0.4, 0.5) is 0 Å². The van der Waals surface area contributed by atoms with Gasteiger partial charge in [0.2, 0.25) is 0 Å². The van der Waals surface area contributed by atoms with Crippen LogP contribution in [0.1, 0.15) is 22.8 Å². The smallest absolute Gasteiger partial charge is 0.316 e. The largest absolute Gasteiger partial charge is 0.492 e. The minimum atomic E-state index is -0.780. The summed E-state index contributed by atoms with van der Waals surface area (Å²) < 4.78 is 5.78. The summed E-state index contributed by atoms with van der Waals surface area (Å²) in [5.41, 5.74) is 1.72. The number of carbonyl (C=O) groups is 2. The SMILES string of the molecule is CCSC(Cc1ccc(OCCN2CSc3ccccc3C2=O)cc1)C(=O)O. The Morgan fingerprint density at radius 2 is 2.00 bits per heavy atom. The predicted molar refractivity (Wildman–Crippen MR) is 113 cm³/mol. The Bertz CT molecular complexity index is 825. The van der Waals surface area contributed by atoms with Crippen molar-refractivity contribution in [3.8, 4) is 5.75 Å². The van der Waals surface area contributed by atoms with E-state index in [1.807, 2.05) is 55.5 Å². The van der Waals surface area contributed by atoms with Gasteiger partial charge in [0.25, 0.3) is 5.91 Å². The van der Waals surface area contributed by atoms with E-state index in [2.05, 4.69) is 0 Å². The van der Waals surface area contributed by atoms with Crippen LogP contribution in [-0.2, 0) is 11.2 Å². The summed E-state index contributed by atoms with van der Waals surface area (Å²) in [5.74, 6) is 1.38. The minimum Gasteiger partial charge on any atom is -0.492 e. The number of thioether (sulfide) groups is 2. The van der Waals surface area contributed by atoms with Crippen molar-refractivity contribution in [3.05, 3.63) is 59.7 Å². The van der Waals surface area contributed by atoms with Gasteiger partial charge in [0.1, 0.15) is 17.6 Å². The van der Waals surface area contributed by atoms with E-state index in [9.17, 15) is 14.7 Å². The van der Waals surface area contributed by atoms with Gasteiger partial charge >= 0.3 is 5.97 Å². The van der Waals surface area contributed by atoms with Crippen LogP contribution in [0.25, 0.3) is 0 Å². The summed E-state index contributed by atoms with van der Waals surface area (Å²) in [6.07, 6.45) is 0.493. The summed E-state index contributed by atoms with van der Waals surface area (Å²) in [4.78, 5) is 26.6. The Kier molecular flexibility index (Phi) is 7.28. The molecule has 5 nitrogen and oxygen atoms in total. The molecule has 2 aromatic rings. The van der Waals surface area contributed by atoms with E-state index < -0.39 is 11.2 Å². The third-order valence-corrected chi connectivity index (χ3v) is 6.61. The second-order valence-electron chi connectivity index (χ2n) is 6.32. The second-order valence-corrected chi connectivity index (χ2v) is 8.78. The van der Waals surface area contributed by atoms with Crippen LogP contribution in [0.5, 0.6) is 5.75 Å². The first-order valence-electron chi connectivity index (χ1n) is 9.15. The zero-order valence-corrected chi connectivity index (χ0v) is 17.3. The molecule has 0 radical (unpaired) electrons. The van der Waals surface area contributed by atoms with Gasteiger partial charge in [-0.2, -0.15) is 0 Å². The summed E-state index contributed by atoms with van der Waals surface area (Å²) in [6.45, 7) is 2.90. The van der Waals surface area contributed by atoms with Crippen LogP contribution < -0.4 is 4.74 Å². The fourth-order valence-corrected chi connectivity index (χ4v) is 4.82. The van der Waals surface area contributed by atoms with Gasteiger partial charge in [0.05, 0.1) is 18.0 Å². The molecule has 1 unspecified atom stereocenters. The number of carboxylic acids is 1. The van der Waals surface area contributed by atoms with Crippen molar-refractivity contribution in [1.29, 1.82) is 0 Å². The molecule has 0 bridgehead atoms. The molecule has 1 atom stereocenters. The molecule has 0 saturated carbocycles. The first kappa shape index (κ1) is 20.6. The first-order valence-corrected chi connectivity index (χ1v) is 11.2. The Morgan fingerprint density at radius 1 is 1.25 bits per heavy atom. The molecule has 1 N–H and O–H groups in total. The highest BCUT2D eigenvalue weighted by atomic mass is 32.2. The van der Waals surface area contributed by atoms with Gasteiger partial charge in [-0.1, -0.05) is 31.2 Å². The summed E-state index contributed by atoms with van der Waals surface area (Å²) in [6, 6.07) is 15.2. The van der Waals surface area contributed by atoms with Crippen molar-refractivity contribution < 1.29 is 19.4 Å². The zero-order chi connectivity index (χ0) is 19.9. The van der Waals surface area contributed by atoms with E-state index in [1.54, 1.807) is 16.7 Å². The lowest BCUT2D eigenvalue weighted by molar-refractivity contribution is -0.136. The highest BCUT2D eigenvalue weighted by molar-refractivity contribution is 8.00. The number of ether oxygens (including phenoxy) is 1. The number of nitrogens with zero attached hydrogens (tertiary/aromatic N) is 1. The number of carbonyl (C=O) groups excluding carboxylic acids is 1. The van der Waals surface area contributed by atoms with Crippen molar-refractivity contribution in [2.75, 3.05) is 24.8 Å². The fourth-order valence-electron chi connectivity index (χ4n) is 2.94. The Morgan fingerprint density at radius 3 is 2.71 bits per heavy atom. The number of carboxylic acid groups (broad SMARTS) is 1. The van der Waals surface area contributed by atoms with Gasteiger partial charge in [-0.15, -0.1) is 23.5 Å². The maximum Gasteiger partial charge on any atom is 0.316 e. The summed E-state index contributed by atoms with van der Waals surface area (Å²) >= 11 is 3.10. The van der Waals surface area contributed by atoms with Crippen molar-refractivity contribution in [2.24, 2.45) is 0 Å².